The summed E-state index contributed by atoms with van der Waals surface area (Å²) in [6.07, 6.45) is 1.23. The summed E-state index contributed by atoms with van der Waals surface area (Å²) in [6.45, 7) is 8.06. The first-order valence-corrected chi connectivity index (χ1v) is 11.4. The molecule has 9 nitrogen and oxygen atoms in total. The molecule has 0 saturated carbocycles. The smallest absolute Gasteiger partial charge is 0.269 e. The SMILES string of the molecule is C=CC(=O)N1C[C@H](c2cc(Cl)nc(-c3cc(F)nc(C(=O)NC)c3)c2)N(C(C)=O)C[C@@H]1COCC. The molecule has 1 fully saturated rings. The van der Waals surface area contributed by atoms with Gasteiger partial charge in [-0.3, -0.25) is 14.4 Å². The Kier molecular flexibility index (Phi) is 8.52. The summed E-state index contributed by atoms with van der Waals surface area (Å²) in [5, 5.41) is 2.51. The topological polar surface area (TPSA) is 105 Å². The van der Waals surface area contributed by atoms with Gasteiger partial charge >= 0.3 is 0 Å². The van der Waals surface area contributed by atoms with E-state index in [0.717, 1.165) is 6.07 Å². The number of hydrogen-bond donors (Lipinski definition) is 1. The van der Waals surface area contributed by atoms with Crippen LogP contribution in [0, 0.1) is 5.95 Å². The fourth-order valence-corrected chi connectivity index (χ4v) is 4.27. The van der Waals surface area contributed by atoms with Crippen LogP contribution in [0.25, 0.3) is 11.3 Å². The summed E-state index contributed by atoms with van der Waals surface area (Å²) in [5.74, 6) is -1.88. The zero-order valence-corrected chi connectivity index (χ0v) is 20.5. The molecule has 0 aromatic carbocycles. The van der Waals surface area contributed by atoms with E-state index in [1.165, 1.54) is 26.1 Å². The summed E-state index contributed by atoms with van der Waals surface area (Å²) in [6, 6.07) is 4.92. The molecular formula is C24H27ClFN5O4. The second-order valence-electron chi connectivity index (χ2n) is 7.95. The lowest BCUT2D eigenvalue weighted by atomic mass is 9.98. The van der Waals surface area contributed by atoms with Crippen LogP contribution in [-0.4, -0.2) is 76.9 Å². The molecule has 1 saturated heterocycles. The van der Waals surface area contributed by atoms with E-state index in [-0.39, 0.29) is 48.4 Å². The Hall–Kier alpha value is -3.37. The van der Waals surface area contributed by atoms with E-state index in [0.29, 0.717) is 23.4 Å². The van der Waals surface area contributed by atoms with Crippen molar-refractivity contribution in [3.8, 4) is 11.3 Å². The normalized spacial score (nSPS) is 17.7. The minimum Gasteiger partial charge on any atom is -0.380 e. The Bertz CT molecular complexity index is 1140. The predicted octanol–water partition coefficient (Wildman–Crippen LogP) is 2.62. The number of carbonyl (C=O) groups excluding carboxylic acids is 3. The first-order valence-electron chi connectivity index (χ1n) is 11.0. The van der Waals surface area contributed by atoms with Gasteiger partial charge in [0.2, 0.25) is 17.8 Å². The molecule has 1 aliphatic rings. The Morgan fingerprint density at radius 3 is 2.60 bits per heavy atom. The maximum Gasteiger partial charge on any atom is 0.269 e. The fraction of sp³-hybridized carbons (Fsp3) is 0.375. The Labute approximate surface area is 207 Å². The molecular weight excluding hydrogens is 477 g/mol. The quantitative estimate of drug-likeness (QED) is 0.460. The predicted molar refractivity (Wildman–Crippen MR) is 128 cm³/mol. The van der Waals surface area contributed by atoms with Gasteiger partial charge in [-0.25, -0.2) is 9.97 Å². The van der Waals surface area contributed by atoms with Crippen molar-refractivity contribution >= 4 is 29.3 Å². The minimum atomic E-state index is -0.853. The highest BCUT2D eigenvalue weighted by Crippen LogP contribution is 2.32. The molecule has 0 unspecified atom stereocenters. The van der Waals surface area contributed by atoms with Crippen molar-refractivity contribution in [1.82, 2.24) is 25.1 Å². The summed E-state index contributed by atoms with van der Waals surface area (Å²) in [7, 11) is 1.42. The number of ether oxygens (including phenoxy) is 1. The molecule has 3 rings (SSSR count). The number of nitrogens with zero attached hydrogens (tertiary/aromatic N) is 4. The molecule has 186 valence electrons. The van der Waals surface area contributed by atoms with Gasteiger partial charge in [0.15, 0.2) is 0 Å². The Morgan fingerprint density at radius 2 is 1.97 bits per heavy atom. The highest BCUT2D eigenvalue weighted by Gasteiger charge is 2.38. The van der Waals surface area contributed by atoms with Crippen LogP contribution in [0.2, 0.25) is 5.15 Å². The lowest BCUT2D eigenvalue weighted by molar-refractivity contribution is -0.145. The number of amides is 3. The molecule has 2 aromatic rings. The van der Waals surface area contributed by atoms with Crippen LogP contribution >= 0.6 is 11.6 Å². The lowest BCUT2D eigenvalue weighted by Gasteiger charge is -2.46. The summed E-state index contributed by atoms with van der Waals surface area (Å²) < 4.78 is 19.7. The number of hydrogen-bond acceptors (Lipinski definition) is 6. The first-order chi connectivity index (χ1) is 16.7. The molecule has 35 heavy (non-hydrogen) atoms. The van der Waals surface area contributed by atoms with Gasteiger partial charge in [0, 0.05) is 45.3 Å². The van der Waals surface area contributed by atoms with E-state index in [2.05, 4.69) is 21.9 Å². The highest BCUT2D eigenvalue weighted by molar-refractivity contribution is 6.29. The van der Waals surface area contributed by atoms with E-state index in [9.17, 15) is 18.8 Å². The molecule has 3 heterocycles. The molecule has 1 N–H and O–H groups in total. The molecule has 0 spiro atoms. The van der Waals surface area contributed by atoms with Crippen molar-refractivity contribution in [1.29, 1.82) is 0 Å². The van der Waals surface area contributed by atoms with E-state index < -0.39 is 17.9 Å². The average molecular weight is 504 g/mol. The number of piperazine rings is 1. The van der Waals surface area contributed by atoms with Crippen molar-refractivity contribution in [3.05, 3.63) is 59.3 Å². The average Bonchev–Trinajstić information content (AvgIpc) is 2.85. The van der Waals surface area contributed by atoms with Gasteiger partial charge in [-0.15, -0.1) is 0 Å². The van der Waals surface area contributed by atoms with Crippen molar-refractivity contribution in [2.75, 3.05) is 33.4 Å². The third-order valence-corrected chi connectivity index (χ3v) is 5.91. The van der Waals surface area contributed by atoms with Crippen molar-refractivity contribution in [2.24, 2.45) is 0 Å². The minimum absolute atomic E-state index is 0.109. The van der Waals surface area contributed by atoms with E-state index in [1.807, 2.05) is 6.92 Å². The van der Waals surface area contributed by atoms with Gasteiger partial charge in [-0.2, -0.15) is 4.39 Å². The van der Waals surface area contributed by atoms with Crippen LogP contribution < -0.4 is 5.32 Å². The van der Waals surface area contributed by atoms with Crippen LogP contribution in [0.5, 0.6) is 0 Å². The molecule has 0 aliphatic carbocycles. The Balaban J connectivity index is 2.05. The summed E-state index contributed by atoms with van der Waals surface area (Å²) >= 11 is 6.32. The standard InChI is InChI=1S/C24H27ClFN5O4/c1-5-23(33)31-12-20(30(14(3)32)11-17(31)13-35-6-2)16-8-18(28-21(25)9-16)15-7-19(24(34)27-4)29-22(26)10-15/h5,7-10,17,20H,1,6,11-13H2,2-4H3,(H,27,34)/t17-,20-/m1/s1. The summed E-state index contributed by atoms with van der Waals surface area (Å²) in [4.78, 5) is 48.4. The molecule has 2 atom stereocenters. The van der Waals surface area contributed by atoms with Crippen LogP contribution in [-0.2, 0) is 14.3 Å². The van der Waals surface area contributed by atoms with Gasteiger partial charge in [0.25, 0.3) is 5.91 Å². The van der Waals surface area contributed by atoms with Crippen molar-refractivity contribution in [3.63, 3.8) is 0 Å². The molecule has 0 radical (unpaired) electrons. The monoisotopic (exact) mass is 503 g/mol. The zero-order chi connectivity index (χ0) is 25.7. The highest BCUT2D eigenvalue weighted by atomic mass is 35.5. The number of aromatic nitrogens is 2. The molecule has 0 bridgehead atoms. The molecule has 1 aliphatic heterocycles. The first kappa shape index (κ1) is 26.2. The maximum absolute atomic E-state index is 14.2. The van der Waals surface area contributed by atoms with Gasteiger partial charge < -0.3 is 19.9 Å². The number of pyridine rings is 2. The van der Waals surface area contributed by atoms with Crippen LogP contribution in [0.4, 0.5) is 4.39 Å². The molecule has 11 heteroatoms. The third kappa shape index (κ3) is 6.01. The number of nitrogens with one attached hydrogen (secondary N) is 1. The van der Waals surface area contributed by atoms with Crippen molar-refractivity contribution < 1.29 is 23.5 Å². The number of halogens is 2. The van der Waals surface area contributed by atoms with Gasteiger partial charge in [0.05, 0.1) is 24.4 Å². The van der Waals surface area contributed by atoms with E-state index in [1.54, 1.807) is 21.9 Å². The van der Waals surface area contributed by atoms with Gasteiger partial charge in [0.1, 0.15) is 10.8 Å². The van der Waals surface area contributed by atoms with Crippen molar-refractivity contribution in [2.45, 2.75) is 25.9 Å². The Morgan fingerprint density at radius 1 is 1.23 bits per heavy atom. The maximum atomic E-state index is 14.2. The van der Waals surface area contributed by atoms with E-state index >= 15 is 0 Å². The largest absolute Gasteiger partial charge is 0.380 e. The molecule has 2 aromatic heterocycles. The van der Waals surface area contributed by atoms with Crippen LogP contribution in [0.1, 0.15) is 35.9 Å². The third-order valence-electron chi connectivity index (χ3n) is 5.72. The zero-order valence-electron chi connectivity index (χ0n) is 19.8. The second kappa shape index (κ2) is 11.4. The molecule has 3 amide bonds. The lowest BCUT2D eigenvalue weighted by Crippen LogP contribution is -2.58. The second-order valence-corrected chi connectivity index (χ2v) is 8.33. The van der Waals surface area contributed by atoms with Gasteiger partial charge in [-0.05, 0) is 36.8 Å². The van der Waals surface area contributed by atoms with Crippen LogP contribution in [0.3, 0.4) is 0 Å². The summed E-state index contributed by atoms with van der Waals surface area (Å²) in [5.41, 5.74) is 1.07. The number of carbonyl (C=O) groups is 3. The van der Waals surface area contributed by atoms with E-state index in [4.69, 9.17) is 16.3 Å². The fourth-order valence-electron chi connectivity index (χ4n) is 4.05. The van der Waals surface area contributed by atoms with Gasteiger partial charge in [-0.1, -0.05) is 18.2 Å². The van der Waals surface area contributed by atoms with Crippen LogP contribution in [0.15, 0.2) is 36.9 Å². The number of rotatable bonds is 7.